The molecule has 0 atom stereocenters. The van der Waals surface area contributed by atoms with Crippen LogP contribution in [0.5, 0.6) is 0 Å². The van der Waals surface area contributed by atoms with Gasteiger partial charge < -0.3 is 14.8 Å². The SMILES string of the molecule is CCNC(=NCCc1nccn1Cc1ccccc1)N1CCc2ccccc21. The Hall–Kier alpha value is -3.08. The van der Waals surface area contributed by atoms with E-state index in [-0.39, 0.29) is 0 Å². The number of nitrogens with one attached hydrogen (secondary N) is 1. The number of aliphatic imine (C=N–C) groups is 1. The minimum absolute atomic E-state index is 0.715. The van der Waals surface area contributed by atoms with E-state index >= 15 is 0 Å². The van der Waals surface area contributed by atoms with Crippen LogP contribution in [0.15, 0.2) is 72.0 Å². The van der Waals surface area contributed by atoms with Crippen LogP contribution in [0, 0.1) is 0 Å². The maximum atomic E-state index is 4.90. The van der Waals surface area contributed by atoms with E-state index in [9.17, 15) is 0 Å². The van der Waals surface area contributed by atoms with Gasteiger partial charge in [-0.3, -0.25) is 4.99 Å². The Bertz CT molecular complexity index is 929. The van der Waals surface area contributed by atoms with Crippen molar-refractivity contribution in [2.75, 3.05) is 24.5 Å². The van der Waals surface area contributed by atoms with Gasteiger partial charge in [-0.05, 0) is 30.5 Å². The quantitative estimate of drug-likeness (QED) is 0.531. The molecule has 28 heavy (non-hydrogen) atoms. The standard InChI is InChI=1S/C23H27N5/c1-2-24-23(28-16-13-20-10-6-7-11-21(20)28)26-14-12-22-25-15-17-27(22)18-19-8-4-3-5-9-19/h3-11,15,17H,2,12-14,16,18H2,1H3,(H,24,26). The number of nitrogens with zero attached hydrogens (tertiary/aromatic N) is 4. The van der Waals surface area contributed by atoms with Crippen molar-refractivity contribution in [3.8, 4) is 0 Å². The highest BCUT2D eigenvalue weighted by Crippen LogP contribution is 2.27. The number of anilines is 1. The minimum Gasteiger partial charge on any atom is -0.356 e. The first kappa shape index (κ1) is 18.3. The zero-order valence-corrected chi connectivity index (χ0v) is 16.4. The summed E-state index contributed by atoms with van der Waals surface area (Å²) >= 11 is 0. The summed E-state index contributed by atoms with van der Waals surface area (Å²) in [7, 11) is 0. The maximum Gasteiger partial charge on any atom is 0.198 e. The lowest BCUT2D eigenvalue weighted by Gasteiger charge is -2.22. The summed E-state index contributed by atoms with van der Waals surface area (Å²) in [4.78, 5) is 11.7. The van der Waals surface area contributed by atoms with Crippen molar-refractivity contribution in [3.63, 3.8) is 0 Å². The first-order chi connectivity index (χ1) is 13.8. The van der Waals surface area contributed by atoms with Gasteiger partial charge in [-0.2, -0.15) is 0 Å². The summed E-state index contributed by atoms with van der Waals surface area (Å²) in [6.45, 7) is 5.52. The Morgan fingerprint density at radius 2 is 1.93 bits per heavy atom. The van der Waals surface area contributed by atoms with Crippen LogP contribution in [0.4, 0.5) is 5.69 Å². The zero-order chi connectivity index (χ0) is 19.2. The molecule has 4 rings (SSSR count). The van der Waals surface area contributed by atoms with Crippen molar-refractivity contribution in [2.45, 2.75) is 26.3 Å². The minimum atomic E-state index is 0.715. The van der Waals surface area contributed by atoms with E-state index < -0.39 is 0 Å². The molecule has 1 aromatic heterocycles. The molecule has 0 fully saturated rings. The number of para-hydroxylation sites is 1. The summed E-state index contributed by atoms with van der Waals surface area (Å²) in [6, 6.07) is 19.1. The molecule has 0 saturated heterocycles. The van der Waals surface area contributed by atoms with E-state index in [1.807, 2.05) is 18.5 Å². The van der Waals surface area contributed by atoms with E-state index in [1.54, 1.807) is 0 Å². The molecule has 1 aliphatic rings. The first-order valence-electron chi connectivity index (χ1n) is 10.0. The molecule has 2 aromatic carbocycles. The van der Waals surface area contributed by atoms with Crippen LogP contribution >= 0.6 is 0 Å². The second-order valence-electron chi connectivity index (χ2n) is 6.97. The molecule has 0 aliphatic carbocycles. The van der Waals surface area contributed by atoms with Crippen molar-refractivity contribution >= 4 is 11.6 Å². The number of hydrogen-bond donors (Lipinski definition) is 1. The lowest BCUT2D eigenvalue weighted by Crippen LogP contribution is -2.40. The van der Waals surface area contributed by atoms with Gasteiger partial charge in [-0.1, -0.05) is 48.5 Å². The first-order valence-corrected chi connectivity index (χ1v) is 10.0. The maximum absolute atomic E-state index is 4.90. The molecule has 0 spiro atoms. The number of hydrogen-bond acceptors (Lipinski definition) is 2. The van der Waals surface area contributed by atoms with Crippen LogP contribution in [-0.2, 0) is 19.4 Å². The predicted octanol–water partition coefficient (Wildman–Crippen LogP) is 3.50. The molecule has 3 aromatic rings. The van der Waals surface area contributed by atoms with E-state index in [0.29, 0.717) is 6.54 Å². The Morgan fingerprint density at radius 1 is 1.11 bits per heavy atom. The highest BCUT2D eigenvalue weighted by molar-refractivity contribution is 5.97. The van der Waals surface area contributed by atoms with Gasteiger partial charge in [0.1, 0.15) is 5.82 Å². The van der Waals surface area contributed by atoms with E-state index in [4.69, 9.17) is 4.99 Å². The fourth-order valence-electron chi connectivity index (χ4n) is 3.71. The summed E-state index contributed by atoms with van der Waals surface area (Å²) in [5, 5.41) is 3.45. The molecule has 0 unspecified atom stereocenters. The average molecular weight is 374 g/mol. The Kier molecular flexibility index (Phi) is 5.71. The average Bonchev–Trinajstić information content (AvgIpc) is 3.35. The highest BCUT2D eigenvalue weighted by atomic mass is 15.3. The van der Waals surface area contributed by atoms with Crippen LogP contribution in [0.1, 0.15) is 23.9 Å². The molecule has 1 N–H and O–H groups in total. The number of rotatable bonds is 6. The van der Waals surface area contributed by atoms with Gasteiger partial charge in [-0.15, -0.1) is 0 Å². The number of imidazole rings is 1. The number of benzene rings is 2. The normalized spacial score (nSPS) is 13.6. The lowest BCUT2D eigenvalue weighted by molar-refractivity contribution is 0.714. The molecular formula is C23H27N5. The van der Waals surface area contributed by atoms with Crippen LogP contribution < -0.4 is 10.2 Å². The Balaban J connectivity index is 1.44. The van der Waals surface area contributed by atoms with Crippen LogP contribution in [0.25, 0.3) is 0 Å². The number of fused-ring (bicyclic) bond motifs is 1. The van der Waals surface area contributed by atoms with E-state index in [1.165, 1.54) is 16.8 Å². The largest absolute Gasteiger partial charge is 0.356 e. The molecule has 5 heteroatoms. The van der Waals surface area contributed by atoms with E-state index in [2.05, 4.69) is 75.2 Å². The van der Waals surface area contributed by atoms with Crippen LogP contribution in [-0.4, -0.2) is 35.1 Å². The lowest BCUT2D eigenvalue weighted by atomic mass is 10.2. The third-order valence-corrected chi connectivity index (χ3v) is 5.07. The summed E-state index contributed by atoms with van der Waals surface area (Å²) in [6.07, 6.45) is 5.82. The highest BCUT2D eigenvalue weighted by Gasteiger charge is 2.22. The molecule has 5 nitrogen and oxygen atoms in total. The Morgan fingerprint density at radius 3 is 2.79 bits per heavy atom. The molecule has 0 bridgehead atoms. The van der Waals surface area contributed by atoms with Crippen molar-refractivity contribution in [1.82, 2.24) is 14.9 Å². The Labute approximate surface area is 166 Å². The molecule has 144 valence electrons. The second kappa shape index (κ2) is 8.74. The molecule has 1 aliphatic heterocycles. The summed E-state index contributed by atoms with van der Waals surface area (Å²) < 4.78 is 2.21. The van der Waals surface area contributed by atoms with Gasteiger partial charge in [-0.25, -0.2) is 4.98 Å². The molecule has 0 amide bonds. The van der Waals surface area contributed by atoms with Crippen molar-refractivity contribution in [3.05, 3.63) is 83.9 Å². The van der Waals surface area contributed by atoms with Gasteiger partial charge in [0.15, 0.2) is 5.96 Å². The van der Waals surface area contributed by atoms with Crippen LogP contribution in [0.3, 0.4) is 0 Å². The fraction of sp³-hybridized carbons (Fsp3) is 0.304. The molecule has 0 saturated carbocycles. The topological polar surface area (TPSA) is 45.5 Å². The summed E-state index contributed by atoms with van der Waals surface area (Å²) in [5.41, 5.74) is 3.95. The molecule has 2 heterocycles. The fourth-order valence-corrected chi connectivity index (χ4v) is 3.71. The van der Waals surface area contributed by atoms with Gasteiger partial charge in [0, 0.05) is 50.7 Å². The second-order valence-corrected chi connectivity index (χ2v) is 6.97. The zero-order valence-electron chi connectivity index (χ0n) is 16.4. The summed E-state index contributed by atoms with van der Waals surface area (Å²) in [5.74, 6) is 2.04. The number of aromatic nitrogens is 2. The molecule has 0 radical (unpaired) electrons. The number of guanidine groups is 1. The van der Waals surface area contributed by atoms with Gasteiger partial charge in [0.05, 0.1) is 0 Å². The van der Waals surface area contributed by atoms with Crippen molar-refractivity contribution in [1.29, 1.82) is 0 Å². The monoisotopic (exact) mass is 373 g/mol. The smallest absolute Gasteiger partial charge is 0.198 e. The van der Waals surface area contributed by atoms with Gasteiger partial charge >= 0.3 is 0 Å². The third kappa shape index (κ3) is 4.09. The van der Waals surface area contributed by atoms with Crippen molar-refractivity contribution in [2.24, 2.45) is 4.99 Å². The predicted molar refractivity (Wildman–Crippen MR) is 115 cm³/mol. The van der Waals surface area contributed by atoms with Gasteiger partial charge in [0.2, 0.25) is 0 Å². The van der Waals surface area contributed by atoms with E-state index in [0.717, 1.165) is 44.3 Å². The van der Waals surface area contributed by atoms with Crippen molar-refractivity contribution < 1.29 is 0 Å². The van der Waals surface area contributed by atoms with Gasteiger partial charge in [0.25, 0.3) is 0 Å². The third-order valence-electron chi connectivity index (χ3n) is 5.07. The molecular weight excluding hydrogens is 346 g/mol. The van der Waals surface area contributed by atoms with Crippen LogP contribution in [0.2, 0.25) is 0 Å².